The highest BCUT2D eigenvalue weighted by atomic mass is 16.2. The molecule has 0 aliphatic heterocycles. The third-order valence-electron chi connectivity index (χ3n) is 1.62. The first kappa shape index (κ1) is 14.9. The van der Waals surface area contributed by atoms with Gasteiger partial charge in [-0.1, -0.05) is 0 Å². The summed E-state index contributed by atoms with van der Waals surface area (Å²) < 4.78 is 0. The number of amides is 2. The Hall–Kier alpha value is -1.14. The second-order valence-electron chi connectivity index (χ2n) is 5.34. The zero-order valence-electron chi connectivity index (χ0n) is 10.4. The summed E-state index contributed by atoms with van der Waals surface area (Å²) in [5.41, 5.74) is 10.2. The molecule has 0 spiro atoms. The molecule has 0 saturated carbocycles. The number of hydrogen-bond acceptors (Lipinski definition) is 4. The zero-order valence-corrected chi connectivity index (χ0v) is 10.4. The summed E-state index contributed by atoms with van der Waals surface area (Å²) in [6.45, 7) is 7.52. The molecule has 6 N–H and O–H groups in total. The second kappa shape index (κ2) is 5.27. The van der Waals surface area contributed by atoms with Crippen LogP contribution in [0.15, 0.2) is 0 Å². The summed E-state index contributed by atoms with van der Waals surface area (Å²) in [7, 11) is 0. The van der Waals surface area contributed by atoms with Crippen LogP contribution in [0.5, 0.6) is 0 Å². The van der Waals surface area contributed by atoms with Gasteiger partial charge in [-0.05, 0) is 27.7 Å². The third-order valence-corrected chi connectivity index (χ3v) is 1.62. The Morgan fingerprint density at radius 3 is 1.31 bits per heavy atom. The highest BCUT2D eigenvalue weighted by Gasteiger charge is 2.19. The zero-order chi connectivity index (χ0) is 13.0. The van der Waals surface area contributed by atoms with E-state index < -0.39 is 22.9 Å². The molecule has 0 saturated heterocycles. The second-order valence-corrected chi connectivity index (χ2v) is 5.34. The maximum absolute atomic E-state index is 11.3. The molecule has 0 aromatic rings. The van der Waals surface area contributed by atoms with Crippen molar-refractivity contribution in [2.24, 2.45) is 11.5 Å². The van der Waals surface area contributed by atoms with Gasteiger partial charge in [-0.15, -0.1) is 0 Å². The molecule has 6 heteroatoms. The standard InChI is InChI=1S/C10H22N4O2/c1-9(2,11)5-13-7(15)8(16)14-6-10(3,4)12/h5-6,11-12H2,1-4H3,(H,13,15)(H,14,16). The minimum Gasteiger partial charge on any atom is -0.346 e. The van der Waals surface area contributed by atoms with E-state index in [2.05, 4.69) is 10.6 Å². The lowest BCUT2D eigenvalue weighted by molar-refractivity contribution is -0.139. The Balaban J connectivity index is 3.97. The molecule has 0 aromatic carbocycles. The molecule has 0 radical (unpaired) electrons. The molecular weight excluding hydrogens is 208 g/mol. The van der Waals surface area contributed by atoms with Gasteiger partial charge in [0.05, 0.1) is 0 Å². The van der Waals surface area contributed by atoms with E-state index in [1.54, 1.807) is 27.7 Å². The molecule has 0 atom stereocenters. The van der Waals surface area contributed by atoms with E-state index in [0.29, 0.717) is 0 Å². The van der Waals surface area contributed by atoms with Crippen LogP contribution in [0.25, 0.3) is 0 Å². The molecule has 0 rings (SSSR count). The van der Waals surface area contributed by atoms with Crippen LogP contribution in [0.4, 0.5) is 0 Å². The number of carbonyl (C=O) groups is 2. The molecule has 0 unspecified atom stereocenters. The Labute approximate surface area is 96.1 Å². The van der Waals surface area contributed by atoms with Gasteiger partial charge in [0.1, 0.15) is 0 Å². The third kappa shape index (κ3) is 8.19. The van der Waals surface area contributed by atoms with Gasteiger partial charge in [0.15, 0.2) is 0 Å². The predicted molar refractivity (Wildman–Crippen MR) is 62.6 cm³/mol. The first-order valence-corrected chi connectivity index (χ1v) is 5.15. The SMILES string of the molecule is CC(C)(N)CNC(=O)C(=O)NCC(C)(C)N. The monoisotopic (exact) mass is 230 g/mol. The summed E-state index contributed by atoms with van der Waals surface area (Å²) in [4.78, 5) is 22.6. The van der Waals surface area contributed by atoms with Gasteiger partial charge in [-0.3, -0.25) is 9.59 Å². The van der Waals surface area contributed by atoms with E-state index in [4.69, 9.17) is 11.5 Å². The molecule has 16 heavy (non-hydrogen) atoms. The van der Waals surface area contributed by atoms with Crippen molar-refractivity contribution in [3.05, 3.63) is 0 Å². The summed E-state index contributed by atoms with van der Waals surface area (Å²) >= 11 is 0. The molecule has 0 aliphatic carbocycles. The van der Waals surface area contributed by atoms with Crippen molar-refractivity contribution in [3.63, 3.8) is 0 Å². The highest BCUT2D eigenvalue weighted by Crippen LogP contribution is 1.93. The topological polar surface area (TPSA) is 110 Å². The number of carbonyl (C=O) groups excluding carboxylic acids is 2. The van der Waals surface area contributed by atoms with Crippen molar-refractivity contribution < 1.29 is 9.59 Å². The van der Waals surface area contributed by atoms with Gasteiger partial charge in [-0.25, -0.2) is 0 Å². The molecule has 0 fully saturated rings. The molecule has 0 heterocycles. The maximum Gasteiger partial charge on any atom is 0.309 e. The number of rotatable bonds is 4. The van der Waals surface area contributed by atoms with Gasteiger partial charge in [-0.2, -0.15) is 0 Å². The number of nitrogens with two attached hydrogens (primary N) is 2. The van der Waals surface area contributed by atoms with Crippen LogP contribution in [-0.2, 0) is 9.59 Å². The van der Waals surface area contributed by atoms with E-state index in [9.17, 15) is 9.59 Å². The van der Waals surface area contributed by atoms with Gasteiger partial charge >= 0.3 is 11.8 Å². The van der Waals surface area contributed by atoms with Gasteiger partial charge in [0, 0.05) is 24.2 Å². The van der Waals surface area contributed by atoms with Crippen LogP contribution in [0.3, 0.4) is 0 Å². The van der Waals surface area contributed by atoms with E-state index >= 15 is 0 Å². The fourth-order valence-electron chi connectivity index (χ4n) is 0.777. The minimum absolute atomic E-state index is 0.241. The average molecular weight is 230 g/mol. The summed E-state index contributed by atoms with van der Waals surface area (Å²) in [6, 6.07) is 0. The van der Waals surface area contributed by atoms with Crippen molar-refractivity contribution in [2.75, 3.05) is 13.1 Å². The fourth-order valence-corrected chi connectivity index (χ4v) is 0.777. The van der Waals surface area contributed by atoms with Crippen molar-refractivity contribution >= 4 is 11.8 Å². The summed E-state index contributed by atoms with van der Waals surface area (Å²) in [5, 5.41) is 4.88. The van der Waals surface area contributed by atoms with E-state index in [0.717, 1.165) is 0 Å². The number of hydrogen-bond donors (Lipinski definition) is 4. The first-order chi connectivity index (χ1) is 7.01. The number of nitrogens with one attached hydrogen (secondary N) is 2. The van der Waals surface area contributed by atoms with Crippen LogP contribution in [-0.4, -0.2) is 36.0 Å². The molecule has 94 valence electrons. The molecular formula is C10H22N4O2. The van der Waals surface area contributed by atoms with Crippen molar-refractivity contribution in [1.82, 2.24) is 10.6 Å². The maximum atomic E-state index is 11.3. The summed E-state index contributed by atoms with van der Waals surface area (Å²) in [6.07, 6.45) is 0. The minimum atomic E-state index is -0.692. The molecule has 0 bridgehead atoms. The van der Waals surface area contributed by atoms with Crippen LogP contribution in [0.2, 0.25) is 0 Å². The normalized spacial score (nSPS) is 12.1. The van der Waals surface area contributed by atoms with Crippen LogP contribution < -0.4 is 22.1 Å². The smallest absolute Gasteiger partial charge is 0.309 e. The molecule has 0 aliphatic rings. The van der Waals surface area contributed by atoms with Crippen LogP contribution in [0.1, 0.15) is 27.7 Å². The largest absolute Gasteiger partial charge is 0.346 e. The van der Waals surface area contributed by atoms with E-state index in [1.807, 2.05) is 0 Å². The highest BCUT2D eigenvalue weighted by molar-refractivity contribution is 6.35. The van der Waals surface area contributed by atoms with Gasteiger partial charge in [0.2, 0.25) is 0 Å². The van der Waals surface area contributed by atoms with Crippen molar-refractivity contribution in [2.45, 2.75) is 38.8 Å². The lowest BCUT2D eigenvalue weighted by Crippen LogP contribution is -2.52. The lowest BCUT2D eigenvalue weighted by atomic mass is 10.1. The van der Waals surface area contributed by atoms with Gasteiger partial charge in [0.25, 0.3) is 0 Å². The van der Waals surface area contributed by atoms with Crippen molar-refractivity contribution in [1.29, 1.82) is 0 Å². The Morgan fingerprint density at radius 2 is 1.12 bits per heavy atom. The Morgan fingerprint density at radius 1 is 0.875 bits per heavy atom. The summed E-state index contributed by atoms with van der Waals surface area (Å²) in [5.74, 6) is -1.38. The molecule has 0 aromatic heterocycles. The first-order valence-electron chi connectivity index (χ1n) is 5.15. The molecule has 2 amide bonds. The Kier molecular flexibility index (Phi) is 4.89. The van der Waals surface area contributed by atoms with E-state index in [-0.39, 0.29) is 13.1 Å². The molecule has 6 nitrogen and oxygen atoms in total. The fraction of sp³-hybridized carbons (Fsp3) is 0.800. The average Bonchev–Trinajstić information content (AvgIpc) is 2.07. The van der Waals surface area contributed by atoms with E-state index in [1.165, 1.54) is 0 Å². The van der Waals surface area contributed by atoms with Crippen LogP contribution >= 0.6 is 0 Å². The predicted octanol–water partition coefficient (Wildman–Crippen LogP) is -1.31. The van der Waals surface area contributed by atoms with Crippen LogP contribution in [0, 0.1) is 0 Å². The lowest BCUT2D eigenvalue weighted by Gasteiger charge is -2.20. The Bertz CT molecular complexity index is 235. The quantitative estimate of drug-likeness (QED) is 0.449. The van der Waals surface area contributed by atoms with Crippen molar-refractivity contribution in [3.8, 4) is 0 Å². The van der Waals surface area contributed by atoms with Gasteiger partial charge < -0.3 is 22.1 Å².